The Bertz CT molecular complexity index is 518. The molecular formula is C13H8BrF3. The molecule has 0 radical (unpaired) electrons. The summed E-state index contributed by atoms with van der Waals surface area (Å²) in [6.07, 6.45) is -4.34. The van der Waals surface area contributed by atoms with E-state index in [1.807, 2.05) is 6.07 Å². The lowest BCUT2D eigenvalue weighted by Gasteiger charge is -2.12. The van der Waals surface area contributed by atoms with Gasteiger partial charge in [-0.2, -0.15) is 13.2 Å². The Kier molecular flexibility index (Phi) is 3.24. The van der Waals surface area contributed by atoms with Crippen LogP contribution in [0.25, 0.3) is 11.1 Å². The molecule has 0 saturated carbocycles. The van der Waals surface area contributed by atoms with Gasteiger partial charge in [0, 0.05) is 4.47 Å². The van der Waals surface area contributed by atoms with Crippen molar-refractivity contribution >= 4 is 15.9 Å². The van der Waals surface area contributed by atoms with Gasteiger partial charge in [0.05, 0.1) is 5.56 Å². The molecule has 4 heteroatoms. The van der Waals surface area contributed by atoms with E-state index in [4.69, 9.17) is 0 Å². The summed E-state index contributed by atoms with van der Waals surface area (Å²) in [6.45, 7) is 0. The van der Waals surface area contributed by atoms with Gasteiger partial charge in [0.25, 0.3) is 0 Å². The molecule has 0 amide bonds. The molecule has 0 fully saturated rings. The van der Waals surface area contributed by atoms with E-state index >= 15 is 0 Å². The Labute approximate surface area is 105 Å². The van der Waals surface area contributed by atoms with Crippen LogP contribution in [-0.2, 0) is 6.18 Å². The fourth-order valence-electron chi connectivity index (χ4n) is 1.59. The van der Waals surface area contributed by atoms with Crippen LogP contribution < -0.4 is 0 Å². The number of halogens is 4. The minimum atomic E-state index is -4.34. The standard InChI is InChI=1S/C13H8BrF3/c14-12-10(9-5-2-1-3-6-9)7-4-8-11(12)13(15,16)17/h1-8H. The Morgan fingerprint density at radius 2 is 1.47 bits per heavy atom. The zero-order chi connectivity index (χ0) is 12.5. The third kappa shape index (κ3) is 2.52. The van der Waals surface area contributed by atoms with E-state index < -0.39 is 11.7 Å². The van der Waals surface area contributed by atoms with Crippen LogP contribution in [0.2, 0.25) is 0 Å². The van der Waals surface area contributed by atoms with Crippen LogP contribution in [0.5, 0.6) is 0 Å². The van der Waals surface area contributed by atoms with Crippen LogP contribution in [0, 0.1) is 0 Å². The summed E-state index contributed by atoms with van der Waals surface area (Å²) < 4.78 is 38.2. The minimum absolute atomic E-state index is 0.0821. The van der Waals surface area contributed by atoms with Crippen molar-refractivity contribution in [1.29, 1.82) is 0 Å². The molecule has 2 aromatic rings. The van der Waals surface area contributed by atoms with Crippen LogP contribution in [0.4, 0.5) is 13.2 Å². The molecule has 0 aliphatic rings. The smallest absolute Gasteiger partial charge is 0.166 e. The van der Waals surface area contributed by atoms with Crippen molar-refractivity contribution in [3.63, 3.8) is 0 Å². The molecule has 0 atom stereocenters. The van der Waals surface area contributed by atoms with Gasteiger partial charge in [-0.25, -0.2) is 0 Å². The molecule has 88 valence electrons. The summed E-state index contributed by atoms with van der Waals surface area (Å²) in [5.41, 5.74) is 0.643. The first-order chi connectivity index (χ1) is 8.00. The summed E-state index contributed by atoms with van der Waals surface area (Å²) in [6, 6.07) is 13.1. The molecule has 0 aromatic heterocycles. The molecule has 0 N–H and O–H groups in total. The number of hydrogen-bond acceptors (Lipinski definition) is 0. The minimum Gasteiger partial charge on any atom is -0.166 e. The van der Waals surface area contributed by atoms with E-state index in [0.29, 0.717) is 5.56 Å². The molecule has 0 heterocycles. The van der Waals surface area contributed by atoms with Crippen LogP contribution >= 0.6 is 15.9 Å². The zero-order valence-corrected chi connectivity index (χ0v) is 10.2. The monoisotopic (exact) mass is 300 g/mol. The van der Waals surface area contributed by atoms with Crippen molar-refractivity contribution in [3.8, 4) is 11.1 Å². The summed E-state index contributed by atoms with van der Waals surface area (Å²) in [5.74, 6) is 0. The molecule has 0 aliphatic carbocycles. The highest BCUT2D eigenvalue weighted by Crippen LogP contribution is 2.39. The van der Waals surface area contributed by atoms with E-state index in [1.165, 1.54) is 6.07 Å². The first-order valence-electron chi connectivity index (χ1n) is 4.91. The lowest BCUT2D eigenvalue weighted by Crippen LogP contribution is -2.06. The van der Waals surface area contributed by atoms with Gasteiger partial charge in [-0.1, -0.05) is 42.5 Å². The second-order valence-electron chi connectivity index (χ2n) is 3.53. The predicted octanol–water partition coefficient (Wildman–Crippen LogP) is 5.13. The van der Waals surface area contributed by atoms with Crippen molar-refractivity contribution < 1.29 is 13.2 Å². The average molecular weight is 301 g/mol. The SMILES string of the molecule is FC(F)(F)c1cccc(-c2ccccc2)c1Br. The van der Waals surface area contributed by atoms with Gasteiger partial charge in [0.1, 0.15) is 0 Å². The normalized spacial score (nSPS) is 11.5. The predicted molar refractivity (Wildman–Crippen MR) is 64.6 cm³/mol. The molecule has 2 rings (SSSR count). The van der Waals surface area contributed by atoms with E-state index in [2.05, 4.69) is 15.9 Å². The molecule has 0 spiro atoms. The first kappa shape index (κ1) is 12.2. The topological polar surface area (TPSA) is 0 Å². The number of rotatable bonds is 1. The Morgan fingerprint density at radius 3 is 2.06 bits per heavy atom. The maximum atomic E-state index is 12.7. The van der Waals surface area contributed by atoms with Crippen molar-refractivity contribution in [2.45, 2.75) is 6.18 Å². The van der Waals surface area contributed by atoms with Gasteiger partial charge in [-0.05, 0) is 33.1 Å². The highest BCUT2D eigenvalue weighted by atomic mass is 79.9. The van der Waals surface area contributed by atoms with Crippen LogP contribution in [0.1, 0.15) is 5.56 Å². The van der Waals surface area contributed by atoms with Crippen molar-refractivity contribution in [2.75, 3.05) is 0 Å². The summed E-state index contributed by atoms with van der Waals surface area (Å²) in [7, 11) is 0. The molecule has 17 heavy (non-hydrogen) atoms. The van der Waals surface area contributed by atoms with Crippen LogP contribution in [-0.4, -0.2) is 0 Å². The highest BCUT2D eigenvalue weighted by molar-refractivity contribution is 9.10. The van der Waals surface area contributed by atoms with Gasteiger partial charge in [-0.15, -0.1) is 0 Å². The maximum Gasteiger partial charge on any atom is 0.417 e. The van der Waals surface area contributed by atoms with Crippen molar-refractivity contribution in [3.05, 3.63) is 58.6 Å². The summed E-state index contributed by atoms with van der Waals surface area (Å²) in [5, 5.41) is 0. The van der Waals surface area contributed by atoms with Gasteiger partial charge in [0.2, 0.25) is 0 Å². The Balaban J connectivity index is 2.58. The first-order valence-corrected chi connectivity index (χ1v) is 5.70. The van der Waals surface area contributed by atoms with E-state index in [1.54, 1.807) is 30.3 Å². The molecule has 0 bridgehead atoms. The van der Waals surface area contributed by atoms with Gasteiger partial charge >= 0.3 is 6.18 Å². The quantitative estimate of drug-likeness (QED) is 0.684. The number of benzene rings is 2. The molecular weight excluding hydrogens is 293 g/mol. The fraction of sp³-hybridized carbons (Fsp3) is 0.0769. The number of hydrogen-bond donors (Lipinski definition) is 0. The molecule has 0 saturated heterocycles. The summed E-state index contributed by atoms with van der Waals surface area (Å²) in [4.78, 5) is 0. The van der Waals surface area contributed by atoms with E-state index in [9.17, 15) is 13.2 Å². The molecule has 0 unspecified atom stereocenters. The second kappa shape index (κ2) is 4.53. The third-order valence-corrected chi connectivity index (χ3v) is 3.24. The average Bonchev–Trinajstić information content (AvgIpc) is 2.29. The maximum absolute atomic E-state index is 12.7. The van der Waals surface area contributed by atoms with Gasteiger partial charge in [0.15, 0.2) is 0 Å². The molecule has 2 aromatic carbocycles. The van der Waals surface area contributed by atoms with Crippen molar-refractivity contribution in [2.24, 2.45) is 0 Å². The second-order valence-corrected chi connectivity index (χ2v) is 4.32. The fourth-order valence-corrected chi connectivity index (χ4v) is 2.31. The highest BCUT2D eigenvalue weighted by Gasteiger charge is 2.33. The van der Waals surface area contributed by atoms with E-state index in [0.717, 1.165) is 11.6 Å². The lowest BCUT2D eigenvalue weighted by molar-refractivity contribution is -0.138. The zero-order valence-electron chi connectivity index (χ0n) is 8.63. The van der Waals surface area contributed by atoms with Gasteiger partial charge in [-0.3, -0.25) is 0 Å². The molecule has 0 nitrogen and oxygen atoms in total. The summed E-state index contributed by atoms with van der Waals surface area (Å²) >= 11 is 3.03. The Morgan fingerprint density at radius 1 is 0.824 bits per heavy atom. The lowest BCUT2D eigenvalue weighted by atomic mass is 10.0. The van der Waals surface area contributed by atoms with Crippen LogP contribution in [0.3, 0.4) is 0 Å². The molecule has 0 aliphatic heterocycles. The largest absolute Gasteiger partial charge is 0.417 e. The van der Waals surface area contributed by atoms with Crippen LogP contribution in [0.15, 0.2) is 53.0 Å². The third-order valence-electron chi connectivity index (χ3n) is 2.39. The Hall–Kier alpha value is -1.29. The van der Waals surface area contributed by atoms with Gasteiger partial charge < -0.3 is 0 Å². The van der Waals surface area contributed by atoms with Crippen molar-refractivity contribution in [1.82, 2.24) is 0 Å². The number of alkyl halides is 3. The van der Waals surface area contributed by atoms with E-state index in [-0.39, 0.29) is 4.47 Å².